The van der Waals surface area contributed by atoms with E-state index in [0.29, 0.717) is 5.92 Å². The molecule has 1 fully saturated rings. The molecule has 1 heteroatoms. The van der Waals surface area contributed by atoms with E-state index >= 15 is 0 Å². The monoisotopic (exact) mass is 268 g/mol. The highest BCUT2D eigenvalue weighted by molar-refractivity contribution is 5.82. The second-order valence-corrected chi connectivity index (χ2v) is 6.48. The van der Waals surface area contributed by atoms with Crippen LogP contribution in [0, 0.1) is 11.8 Å². The molecule has 2 aromatic rings. The topological polar surface area (TPSA) is 20.2 Å². The Morgan fingerprint density at radius 3 is 2.70 bits per heavy atom. The van der Waals surface area contributed by atoms with E-state index in [1.165, 1.54) is 42.0 Å². The largest absolute Gasteiger partial charge is 0.392 e. The molecule has 0 amide bonds. The number of aliphatic hydroxyl groups excluding tert-OH is 1. The molecule has 0 heterocycles. The second kappa shape index (κ2) is 5.97. The van der Waals surface area contributed by atoms with Crippen molar-refractivity contribution in [3.63, 3.8) is 0 Å². The van der Waals surface area contributed by atoms with Gasteiger partial charge in [0.15, 0.2) is 0 Å². The molecule has 3 unspecified atom stereocenters. The third-order valence-electron chi connectivity index (χ3n) is 4.78. The smallest absolute Gasteiger partial charge is 0.0608 e. The van der Waals surface area contributed by atoms with Crippen LogP contribution in [0.4, 0.5) is 0 Å². The SMILES string of the molecule is CC1CCCC(C(O)Cc2ccc3ccccc3c2)C1. The summed E-state index contributed by atoms with van der Waals surface area (Å²) < 4.78 is 0. The van der Waals surface area contributed by atoms with Crippen molar-refractivity contribution in [3.8, 4) is 0 Å². The Morgan fingerprint density at radius 1 is 1.10 bits per heavy atom. The van der Waals surface area contributed by atoms with Crippen LogP contribution in [0.25, 0.3) is 10.8 Å². The highest BCUT2D eigenvalue weighted by Gasteiger charge is 2.25. The summed E-state index contributed by atoms with van der Waals surface area (Å²) in [7, 11) is 0. The normalized spacial score (nSPS) is 24.7. The Balaban J connectivity index is 1.71. The molecular weight excluding hydrogens is 244 g/mol. The van der Waals surface area contributed by atoms with Gasteiger partial charge in [0.25, 0.3) is 0 Å². The molecule has 0 radical (unpaired) electrons. The van der Waals surface area contributed by atoms with Crippen LogP contribution in [0.5, 0.6) is 0 Å². The first kappa shape index (κ1) is 13.6. The van der Waals surface area contributed by atoms with E-state index in [1.54, 1.807) is 0 Å². The minimum absolute atomic E-state index is 0.182. The fourth-order valence-corrected chi connectivity index (χ4v) is 3.60. The Labute approximate surface area is 121 Å². The molecule has 0 aliphatic heterocycles. The van der Waals surface area contributed by atoms with E-state index in [1.807, 2.05) is 0 Å². The third kappa shape index (κ3) is 3.04. The molecule has 0 aromatic heterocycles. The van der Waals surface area contributed by atoms with Crippen LogP contribution in [0.3, 0.4) is 0 Å². The molecule has 2 aromatic carbocycles. The quantitative estimate of drug-likeness (QED) is 0.864. The molecule has 1 saturated carbocycles. The number of rotatable bonds is 3. The van der Waals surface area contributed by atoms with Gasteiger partial charge in [0.1, 0.15) is 0 Å². The van der Waals surface area contributed by atoms with Crippen LogP contribution >= 0.6 is 0 Å². The first-order chi connectivity index (χ1) is 9.72. The predicted octanol–water partition coefficient (Wildman–Crippen LogP) is 4.57. The van der Waals surface area contributed by atoms with Crippen molar-refractivity contribution in [1.82, 2.24) is 0 Å². The lowest BCUT2D eigenvalue weighted by Crippen LogP contribution is -2.27. The molecular formula is C19H24O. The van der Waals surface area contributed by atoms with Crippen LogP contribution in [0.15, 0.2) is 42.5 Å². The molecule has 0 saturated heterocycles. The van der Waals surface area contributed by atoms with Crippen molar-refractivity contribution in [3.05, 3.63) is 48.0 Å². The van der Waals surface area contributed by atoms with Gasteiger partial charge in [0.2, 0.25) is 0 Å². The Hall–Kier alpha value is -1.34. The van der Waals surface area contributed by atoms with Gasteiger partial charge in [0, 0.05) is 0 Å². The third-order valence-corrected chi connectivity index (χ3v) is 4.78. The Kier molecular flexibility index (Phi) is 4.07. The summed E-state index contributed by atoms with van der Waals surface area (Å²) in [6, 6.07) is 15.0. The van der Waals surface area contributed by atoms with Gasteiger partial charge in [-0.3, -0.25) is 0 Å². The predicted molar refractivity (Wildman–Crippen MR) is 84.8 cm³/mol. The number of fused-ring (bicyclic) bond motifs is 1. The zero-order valence-electron chi connectivity index (χ0n) is 12.3. The fraction of sp³-hybridized carbons (Fsp3) is 0.474. The maximum Gasteiger partial charge on any atom is 0.0608 e. The molecule has 0 spiro atoms. The Bertz CT molecular complexity index is 575. The lowest BCUT2D eigenvalue weighted by molar-refractivity contribution is 0.0720. The maximum absolute atomic E-state index is 10.5. The fourth-order valence-electron chi connectivity index (χ4n) is 3.60. The van der Waals surface area contributed by atoms with Crippen molar-refractivity contribution in [2.75, 3.05) is 0 Å². The summed E-state index contributed by atoms with van der Waals surface area (Å²) >= 11 is 0. The van der Waals surface area contributed by atoms with Gasteiger partial charge in [0.05, 0.1) is 6.10 Å². The van der Waals surface area contributed by atoms with E-state index in [0.717, 1.165) is 12.3 Å². The highest BCUT2D eigenvalue weighted by atomic mass is 16.3. The Morgan fingerprint density at radius 2 is 1.90 bits per heavy atom. The van der Waals surface area contributed by atoms with Gasteiger partial charge in [-0.25, -0.2) is 0 Å². The average Bonchev–Trinajstić information content (AvgIpc) is 2.47. The molecule has 1 nitrogen and oxygen atoms in total. The number of hydrogen-bond donors (Lipinski definition) is 1. The molecule has 1 aliphatic carbocycles. The van der Waals surface area contributed by atoms with Crippen LogP contribution in [-0.2, 0) is 6.42 Å². The molecule has 106 valence electrons. The van der Waals surface area contributed by atoms with E-state index in [2.05, 4.69) is 49.4 Å². The van der Waals surface area contributed by atoms with E-state index in [4.69, 9.17) is 0 Å². The first-order valence-electron chi connectivity index (χ1n) is 7.88. The van der Waals surface area contributed by atoms with Gasteiger partial charge in [-0.15, -0.1) is 0 Å². The molecule has 1 N–H and O–H groups in total. The van der Waals surface area contributed by atoms with Crippen LogP contribution in [-0.4, -0.2) is 11.2 Å². The van der Waals surface area contributed by atoms with E-state index < -0.39 is 0 Å². The van der Waals surface area contributed by atoms with Crippen molar-refractivity contribution in [2.45, 2.75) is 45.1 Å². The first-order valence-corrected chi connectivity index (χ1v) is 7.88. The summed E-state index contributed by atoms with van der Waals surface area (Å²) in [5, 5.41) is 13.1. The molecule has 0 bridgehead atoms. The van der Waals surface area contributed by atoms with Crippen molar-refractivity contribution < 1.29 is 5.11 Å². The van der Waals surface area contributed by atoms with E-state index in [-0.39, 0.29) is 6.10 Å². The molecule has 3 atom stereocenters. The maximum atomic E-state index is 10.5. The number of aliphatic hydroxyl groups is 1. The van der Waals surface area contributed by atoms with E-state index in [9.17, 15) is 5.11 Å². The van der Waals surface area contributed by atoms with Crippen LogP contribution < -0.4 is 0 Å². The number of benzene rings is 2. The molecule has 20 heavy (non-hydrogen) atoms. The summed E-state index contributed by atoms with van der Waals surface area (Å²) in [4.78, 5) is 0. The van der Waals surface area contributed by atoms with Crippen molar-refractivity contribution >= 4 is 10.8 Å². The summed E-state index contributed by atoms with van der Waals surface area (Å²) in [6.07, 6.45) is 5.61. The average molecular weight is 268 g/mol. The molecule has 1 aliphatic rings. The minimum atomic E-state index is -0.182. The summed E-state index contributed by atoms with van der Waals surface area (Å²) in [5.41, 5.74) is 1.26. The molecule has 3 rings (SSSR count). The van der Waals surface area contributed by atoms with Gasteiger partial charge >= 0.3 is 0 Å². The summed E-state index contributed by atoms with van der Waals surface area (Å²) in [5.74, 6) is 1.27. The van der Waals surface area contributed by atoms with Crippen LogP contribution in [0.1, 0.15) is 38.2 Å². The zero-order valence-corrected chi connectivity index (χ0v) is 12.3. The van der Waals surface area contributed by atoms with Gasteiger partial charge in [-0.05, 0) is 47.4 Å². The lowest BCUT2D eigenvalue weighted by Gasteiger charge is -2.30. The summed E-state index contributed by atoms with van der Waals surface area (Å²) in [6.45, 7) is 2.31. The standard InChI is InChI=1S/C19H24O/c1-14-5-4-8-18(11-14)19(20)13-15-9-10-16-6-2-3-7-17(16)12-15/h2-3,6-7,9-10,12,14,18-20H,4-5,8,11,13H2,1H3. The zero-order chi connectivity index (χ0) is 13.9. The van der Waals surface area contributed by atoms with Crippen LogP contribution in [0.2, 0.25) is 0 Å². The second-order valence-electron chi connectivity index (χ2n) is 6.48. The minimum Gasteiger partial charge on any atom is -0.392 e. The van der Waals surface area contributed by atoms with Gasteiger partial charge in [-0.2, -0.15) is 0 Å². The lowest BCUT2D eigenvalue weighted by atomic mass is 9.78. The number of hydrogen-bond acceptors (Lipinski definition) is 1. The van der Waals surface area contributed by atoms with Crippen molar-refractivity contribution in [2.24, 2.45) is 11.8 Å². The van der Waals surface area contributed by atoms with Gasteiger partial charge in [-0.1, -0.05) is 62.2 Å². The highest BCUT2D eigenvalue weighted by Crippen LogP contribution is 2.32. The van der Waals surface area contributed by atoms with Gasteiger partial charge < -0.3 is 5.11 Å². The van der Waals surface area contributed by atoms with Crippen molar-refractivity contribution in [1.29, 1.82) is 0 Å².